The number of carbonyl (C=O) groups excluding carboxylic acids is 1. The summed E-state index contributed by atoms with van der Waals surface area (Å²) in [6, 6.07) is 14.0. The van der Waals surface area contributed by atoms with E-state index in [1.165, 1.54) is 12.1 Å². The fraction of sp³-hybridized carbons (Fsp3) is 0.316. The second-order valence-electron chi connectivity index (χ2n) is 6.26. The van der Waals surface area contributed by atoms with E-state index >= 15 is 0 Å². The largest absolute Gasteiger partial charge is 0.487 e. The molecule has 0 saturated carbocycles. The maximum atomic E-state index is 12.8. The molecule has 1 saturated heterocycles. The number of hydrogen-bond donors (Lipinski definition) is 1. The zero-order valence-corrected chi connectivity index (χ0v) is 15.7. The summed E-state index contributed by atoms with van der Waals surface area (Å²) in [7, 11) is 0. The van der Waals surface area contributed by atoms with Gasteiger partial charge in [-0.3, -0.25) is 14.9 Å². The number of ether oxygens (including phenoxy) is 1. The van der Waals surface area contributed by atoms with E-state index in [-0.39, 0.29) is 47.3 Å². The molecule has 0 aromatic heterocycles. The van der Waals surface area contributed by atoms with Crippen LogP contribution in [0.4, 0.5) is 5.69 Å². The molecule has 27 heavy (non-hydrogen) atoms. The molecule has 7 nitrogen and oxygen atoms in total. The molecule has 0 aliphatic carbocycles. The number of nitrogens with zero attached hydrogens (tertiary/aromatic N) is 2. The highest BCUT2D eigenvalue weighted by Crippen LogP contribution is 2.31. The summed E-state index contributed by atoms with van der Waals surface area (Å²) in [6.07, 6.45) is 0. The normalized spacial score (nSPS) is 18.7. The Labute approximate surface area is 163 Å². The maximum absolute atomic E-state index is 12.8. The van der Waals surface area contributed by atoms with Crippen molar-refractivity contribution >= 4 is 24.0 Å². The first-order chi connectivity index (χ1) is 12.5. The van der Waals surface area contributed by atoms with Gasteiger partial charge in [0.2, 0.25) is 0 Å². The Kier molecular flexibility index (Phi) is 6.76. The van der Waals surface area contributed by atoms with Gasteiger partial charge in [0, 0.05) is 36.7 Å². The van der Waals surface area contributed by atoms with Gasteiger partial charge in [-0.15, -0.1) is 12.4 Å². The summed E-state index contributed by atoms with van der Waals surface area (Å²) < 4.78 is 5.26. The lowest BCUT2D eigenvalue weighted by Crippen LogP contribution is -2.32. The molecule has 0 unspecified atom stereocenters. The third-order valence-corrected chi connectivity index (χ3v) is 4.58. The lowest BCUT2D eigenvalue weighted by Gasteiger charge is -2.17. The fourth-order valence-electron chi connectivity index (χ4n) is 3.30. The van der Waals surface area contributed by atoms with Crippen molar-refractivity contribution in [1.29, 1.82) is 0 Å². The molecule has 0 bridgehead atoms. The number of hydrogen-bond acceptors (Lipinski definition) is 5. The predicted molar refractivity (Wildman–Crippen MR) is 105 cm³/mol. The maximum Gasteiger partial charge on any atom is 0.311 e. The SMILES string of the molecule is CCOc1ccc(C(=O)N2C[C@@H](N)[C@H](c3ccccc3)C2)cc1[N+](=O)[O-].Cl. The number of carbonyl (C=O) groups is 1. The van der Waals surface area contributed by atoms with Crippen LogP contribution >= 0.6 is 12.4 Å². The van der Waals surface area contributed by atoms with Crippen LogP contribution in [0.2, 0.25) is 0 Å². The van der Waals surface area contributed by atoms with Crippen molar-refractivity contribution in [2.24, 2.45) is 5.73 Å². The van der Waals surface area contributed by atoms with E-state index in [2.05, 4.69) is 0 Å². The van der Waals surface area contributed by atoms with Crippen molar-refractivity contribution < 1.29 is 14.5 Å². The van der Waals surface area contributed by atoms with Gasteiger partial charge in [-0.1, -0.05) is 30.3 Å². The van der Waals surface area contributed by atoms with Crippen molar-refractivity contribution in [3.63, 3.8) is 0 Å². The molecule has 144 valence electrons. The van der Waals surface area contributed by atoms with Crippen LogP contribution in [0.5, 0.6) is 5.75 Å². The van der Waals surface area contributed by atoms with Gasteiger partial charge < -0.3 is 15.4 Å². The highest BCUT2D eigenvalue weighted by atomic mass is 35.5. The zero-order valence-electron chi connectivity index (χ0n) is 14.9. The van der Waals surface area contributed by atoms with Crippen molar-refractivity contribution in [3.8, 4) is 5.75 Å². The van der Waals surface area contributed by atoms with E-state index in [9.17, 15) is 14.9 Å². The van der Waals surface area contributed by atoms with Crippen LogP contribution in [0, 0.1) is 10.1 Å². The van der Waals surface area contributed by atoms with Crippen molar-refractivity contribution in [3.05, 3.63) is 69.8 Å². The Morgan fingerprint density at radius 1 is 1.26 bits per heavy atom. The summed E-state index contributed by atoms with van der Waals surface area (Å²) >= 11 is 0. The first-order valence-electron chi connectivity index (χ1n) is 8.52. The molecule has 1 amide bonds. The topological polar surface area (TPSA) is 98.7 Å². The average molecular weight is 392 g/mol. The minimum absolute atomic E-state index is 0. The highest BCUT2D eigenvalue weighted by molar-refractivity contribution is 5.95. The number of likely N-dealkylation sites (tertiary alicyclic amines) is 1. The van der Waals surface area contributed by atoms with E-state index in [0.717, 1.165) is 5.56 Å². The molecule has 1 heterocycles. The molecule has 2 aromatic carbocycles. The summed E-state index contributed by atoms with van der Waals surface area (Å²) in [5, 5.41) is 11.3. The molecular formula is C19H22ClN3O4. The Bertz CT molecular complexity index is 816. The molecule has 1 fully saturated rings. The van der Waals surface area contributed by atoms with E-state index in [1.54, 1.807) is 17.9 Å². The van der Waals surface area contributed by atoms with Crippen molar-refractivity contribution in [2.45, 2.75) is 18.9 Å². The number of nitro groups is 1. The summed E-state index contributed by atoms with van der Waals surface area (Å²) in [5.41, 5.74) is 7.38. The molecular weight excluding hydrogens is 370 g/mol. The smallest absolute Gasteiger partial charge is 0.311 e. The van der Waals surface area contributed by atoms with Crippen molar-refractivity contribution in [1.82, 2.24) is 4.90 Å². The van der Waals surface area contributed by atoms with Gasteiger partial charge in [-0.2, -0.15) is 0 Å². The monoisotopic (exact) mass is 391 g/mol. The molecule has 2 atom stereocenters. The fourth-order valence-corrected chi connectivity index (χ4v) is 3.30. The summed E-state index contributed by atoms with van der Waals surface area (Å²) in [4.78, 5) is 25.2. The molecule has 0 spiro atoms. The first-order valence-corrected chi connectivity index (χ1v) is 8.52. The van der Waals surface area contributed by atoms with Gasteiger partial charge in [0.05, 0.1) is 11.5 Å². The molecule has 1 aliphatic rings. The Balaban J connectivity index is 0.00000261. The number of nitrogens with two attached hydrogens (primary N) is 1. The summed E-state index contributed by atoms with van der Waals surface area (Å²) in [6.45, 7) is 2.97. The minimum atomic E-state index is -0.537. The van der Waals surface area contributed by atoms with Crippen LogP contribution < -0.4 is 10.5 Å². The number of benzene rings is 2. The van der Waals surface area contributed by atoms with E-state index in [4.69, 9.17) is 10.5 Å². The molecule has 1 aliphatic heterocycles. The van der Waals surface area contributed by atoms with E-state index < -0.39 is 4.92 Å². The standard InChI is InChI=1S/C19H21N3O4.ClH/c1-2-26-18-9-8-14(10-17(18)22(24)25)19(23)21-11-15(16(20)12-21)13-6-4-3-5-7-13;/h3-10,15-16H,2,11-12,20H2,1H3;1H/t15-,16+;/m0./s1. The van der Waals surface area contributed by atoms with E-state index in [0.29, 0.717) is 19.7 Å². The Morgan fingerprint density at radius 2 is 1.96 bits per heavy atom. The second-order valence-corrected chi connectivity index (χ2v) is 6.26. The van der Waals surface area contributed by atoms with Crippen LogP contribution in [0.25, 0.3) is 0 Å². The third-order valence-electron chi connectivity index (χ3n) is 4.58. The lowest BCUT2D eigenvalue weighted by atomic mass is 9.95. The molecule has 0 radical (unpaired) electrons. The van der Waals surface area contributed by atoms with Gasteiger partial charge in [0.1, 0.15) is 0 Å². The Hall–Kier alpha value is -2.64. The number of rotatable bonds is 5. The molecule has 3 rings (SSSR count). The number of halogens is 1. The van der Waals surface area contributed by atoms with Crippen molar-refractivity contribution in [2.75, 3.05) is 19.7 Å². The van der Waals surface area contributed by atoms with E-state index in [1.807, 2.05) is 30.3 Å². The average Bonchev–Trinajstić information content (AvgIpc) is 3.04. The molecule has 8 heteroatoms. The van der Waals surface area contributed by atoms with Gasteiger partial charge in [-0.25, -0.2) is 0 Å². The first kappa shape index (κ1) is 20.7. The van der Waals surface area contributed by atoms with Crippen LogP contribution in [0.1, 0.15) is 28.8 Å². The quantitative estimate of drug-likeness (QED) is 0.624. The second kappa shape index (κ2) is 8.83. The molecule has 2 N–H and O–H groups in total. The van der Waals surface area contributed by atoms with Gasteiger partial charge in [0.25, 0.3) is 5.91 Å². The predicted octanol–water partition coefficient (Wildman–Crippen LogP) is 2.98. The van der Waals surface area contributed by atoms with Gasteiger partial charge in [0.15, 0.2) is 5.75 Å². The third kappa shape index (κ3) is 4.37. The van der Waals surface area contributed by atoms with Crippen LogP contribution in [-0.2, 0) is 0 Å². The van der Waals surface area contributed by atoms with Gasteiger partial charge >= 0.3 is 5.69 Å². The van der Waals surface area contributed by atoms with Crippen LogP contribution in [-0.4, -0.2) is 41.5 Å². The van der Waals surface area contributed by atoms with Crippen LogP contribution in [0.15, 0.2) is 48.5 Å². The lowest BCUT2D eigenvalue weighted by molar-refractivity contribution is -0.385. The summed E-state index contributed by atoms with van der Waals surface area (Å²) in [5.74, 6) is -0.0443. The van der Waals surface area contributed by atoms with Crippen LogP contribution in [0.3, 0.4) is 0 Å². The highest BCUT2D eigenvalue weighted by Gasteiger charge is 2.34. The number of amides is 1. The Morgan fingerprint density at radius 3 is 2.59 bits per heavy atom. The van der Waals surface area contributed by atoms with Gasteiger partial charge in [-0.05, 0) is 24.6 Å². The minimum Gasteiger partial charge on any atom is -0.487 e. The molecule has 2 aromatic rings. The zero-order chi connectivity index (χ0) is 18.7. The number of nitro benzene ring substituents is 1.